The van der Waals surface area contributed by atoms with Crippen molar-refractivity contribution in [3.05, 3.63) is 47.3 Å². The maximum atomic E-state index is 12.6. The average Bonchev–Trinajstić information content (AvgIpc) is 2.97. The van der Waals surface area contributed by atoms with Gasteiger partial charge >= 0.3 is 6.18 Å². The molecule has 0 unspecified atom stereocenters. The van der Waals surface area contributed by atoms with Crippen molar-refractivity contribution in [3.8, 4) is 0 Å². The van der Waals surface area contributed by atoms with E-state index in [9.17, 15) is 26.4 Å². The lowest BCUT2D eigenvalue weighted by Crippen LogP contribution is -2.30. The van der Waals surface area contributed by atoms with Gasteiger partial charge in [0.15, 0.2) is 5.69 Å². The maximum absolute atomic E-state index is 12.6. The number of carbonyl (C=O) groups excluding carboxylic acids is 1. The van der Waals surface area contributed by atoms with Crippen LogP contribution in [0.4, 0.5) is 13.2 Å². The van der Waals surface area contributed by atoms with E-state index in [-0.39, 0.29) is 30.1 Å². The molecule has 0 saturated carbocycles. The molecule has 1 aromatic heterocycles. The fourth-order valence-corrected chi connectivity index (χ4v) is 3.28. The van der Waals surface area contributed by atoms with Crippen molar-refractivity contribution >= 4 is 15.9 Å². The van der Waals surface area contributed by atoms with Gasteiger partial charge in [0.25, 0.3) is 5.91 Å². The number of nitrogens with zero attached hydrogens (tertiary/aromatic N) is 2. The molecule has 2 aromatic rings. The van der Waals surface area contributed by atoms with E-state index >= 15 is 0 Å². The number of aromatic nitrogens is 2. The molecule has 148 valence electrons. The zero-order valence-electron chi connectivity index (χ0n) is 14.7. The smallest absolute Gasteiger partial charge is 0.351 e. The molecule has 0 bridgehead atoms. The number of hydrogen-bond acceptors (Lipinski definition) is 4. The van der Waals surface area contributed by atoms with Gasteiger partial charge in [-0.25, -0.2) is 13.1 Å². The van der Waals surface area contributed by atoms with Gasteiger partial charge < -0.3 is 5.32 Å². The summed E-state index contributed by atoms with van der Waals surface area (Å²) in [5.41, 5.74) is -0.455. The van der Waals surface area contributed by atoms with Crippen molar-refractivity contribution < 1.29 is 26.4 Å². The lowest BCUT2D eigenvalue weighted by atomic mass is 10.2. The molecule has 1 aromatic carbocycles. The molecular weight excluding hydrogens is 385 g/mol. The Kier molecular flexibility index (Phi) is 6.26. The van der Waals surface area contributed by atoms with Crippen LogP contribution in [0.25, 0.3) is 0 Å². The molecule has 0 saturated heterocycles. The molecule has 0 spiro atoms. The summed E-state index contributed by atoms with van der Waals surface area (Å²) in [6.07, 6.45) is -4.37. The molecule has 0 radical (unpaired) electrons. The minimum Gasteiger partial charge on any atom is -0.351 e. The largest absolute Gasteiger partial charge is 0.435 e. The van der Waals surface area contributed by atoms with Crippen LogP contribution in [0.1, 0.15) is 28.2 Å². The summed E-state index contributed by atoms with van der Waals surface area (Å²) in [5.74, 6) is -0.720. The molecule has 2 N–H and O–H groups in total. The fourth-order valence-electron chi connectivity index (χ4n) is 2.21. The van der Waals surface area contributed by atoms with E-state index < -0.39 is 27.8 Å². The van der Waals surface area contributed by atoms with Gasteiger partial charge in [0.2, 0.25) is 10.0 Å². The minimum atomic E-state index is -4.63. The van der Waals surface area contributed by atoms with Gasteiger partial charge in [0.1, 0.15) is 5.69 Å². The molecular formula is C16H19F3N4O3S. The Morgan fingerprint density at radius 1 is 1.19 bits per heavy atom. The second-order valence-corrected chi connectivity index (χ2v) is 7.62. The van der Waals surface area contributed by atoms with E-state index in [4.69, 9.17) is 0 Å². The number of amides is 1. The minimum absolute atomic E-state index is 0.0652. The highest BCUT2D eigenvalue weighted by molar-refractivity contribution is 7.89. The molecule has 0 atom stereocenters. The molecule has 1 heterocycles. The summed E-state index contributed by atoms with van der Waals surface area (Å²) in [5, 5.41) is 5.69. The van der Waals surface area contributed by atoms with Crippen molar-refractivity contribution in [1.29, 1.82) is 0 Å². The van der Waals surface area contributed by atoms with Crippen molar-refractivity contribution in [3.63, 3.8) is 0 Å². The van der Waals surface area contributed by atoms with Gasteiger partial charge in [-0.2, -0.15) is 18.3 Å². The van der Waals surface area contributed by atoms with Crippen molar-refractivity contribution in [2.45, 2.75) is 24.4 Å². The Balaban J connectivity index is 1.82. The summed E-state index contributed by atoms with van der Waals surface area (Å²) < 4.78 is 65.2. The van der Waals surface area contributed by atoms with Crippen molar-refractivity contribution in [1.82, 2.24) is 19.8 Å². The van der Waals surface area contributed by atoms with Gasteiger partial charge in [-0.1, -0.05) is 17.7 Å². The standard InChI is InChI=1S/C16H19F3N4O3S/c1-11-4-6-12(7-5-11)27(25,26)21-9-3-8-20-15(24)13-10-14(16(17,18)19)22-23(13)2/h4-7,10,21H,3,8-9H2,1-2H3,(H,20,24). The fraction of sp³-hybridized carbons (Fsp3) is 0.375. The van der Waals surface area contributed by atoms with Crippen LogP contribution >= 0.6 is 0 Å². The Labute approximate surface area is 154 Å². The molecule has 0 aliphatic carbocycles. The number of rotatable bonds is 7. The number of carbonyl (C=O) groups is 1. The van der Waals surface area contributed by atoms with Crippen LogP contribution in [0, 0.1) is 6.92 Å². The van der Waals surface area contributed by atoms with E-state index in [1.807, 2.05) is 6.92 Å². The van der Waals surface area contributed by atoms with Gasteiger partial charge in [0.05, 0.1) is 4.90 Å². The number of sulfonamides is 1. The number of hydrogen-bond donors (Lipinski definition) is 2. The van der Waals surface area contributed by atoms with Crippen LogP contribution in [-0.2, 0) is 23.2 Å². The van der Waals surface area contributed by atoms with Crippen LogP contribution < -0.4 is 10.0 Å². The van der Waals surface area contributed by atoms with E-state index in [0.717, 1.165) is 10.2 Å². The Morgan fingerprint density at radius 3 is 2.37 bits per heavy atom. The molecule has 1 amide bonds. The van der Waals surface area contributed by atoms with E-state index in [0.29, 0.717) is 6.07 Å². The predicted octanol–water partition coefficient (Wildman–Crippen LogP) is 1.85. The molecule has 2 rings (SSSR count). The number of halogens is 3. The zero-order chi connectivity index (χ0) is 20.2. The first-order valence-electron chi connectivity index (χ1n) is 7.96. The van der Waals surface area contributed by atoms with E-state index in [2.05, 4.69) is 15.1 Å². The third-order valence-corrected chi connectivity index (χ3v) is 5.14. The number of nitrogens with one attached hydrogen (secondary N) is 2. The quantitative estimate of drug-likeness (QED) is 0.689. The van der Waals surface area contributed by atoms with Crippen molar-refractivity contribution in [2.75, 3.05) is 13.1 Å². The molecule has 7 nitrogen and oxygen atoms in total. The monoisotopic (exact) mass is 404 g/mol. The normalized spacial score (nSPS) is 12.2. The second kappa shape index (κ2) is 8.09. The van der Waals surface area contributed by atoms with Gasteiger partial charge in [0, 0.05) is 26.2 Å². The summed E-state index contributed by atoms with van der Waals surface area (Å²) >= 11 is 0. The van der Waals surface area contributed by atoms with Gasteiger partial charge in [-0.3, -0.25) is 9.48 Å². The zero-order valence-corrected chi connectivity index (χ0v) is 15.5. The van der Waals surface area contributed by atoms with Crippen LogP contribution in [0.5, 0.6) is 0 Å². The third kappa shape index (κ3) is 5.54. The lowest BCUT2D eigenvalue weighted by Gasteiger charge is -2.08. The predicted molar refractivity (Wildman–Crippen MR) is 91.5 cm³/mol. The van der Waals surface area contributed by atoms with Crippen LogP contribution in [-0.4, -0.2) is 37.2 Å². The first-order valence-corrected chi connectivity index (χ1v) is 9.45. The van der Waals surface area contributed by atoms with Crippen molar-refractivity contribution in [2.24, 2.45) is 7.05 Å². The molecule has 27 heavy (non-hydrogen) atoms. The van der Waals surface area contributed by atoms with Crippen LogP contribution in [0.2, 0.25) is 0 Å². The molecule has 0 aliphatic heterocycles. The molecule has 0 aliphatic rings. The number of benzene rings is 1. The Morgan fingerprint density at radius 2 is 1.81 bits per heavy atom. The van der Waals surface area contributed by atoms with Crippen LogP contribution in [0.15, 0.2) is 35.2 Å². The molecule has 11 heteroatoms. The summed E-state index contributed by atoms with van der Waals surface area (Å²) in [6, 6.07) is 6.99. The first-order chi connectivity index (χ1) is 12.5. The summed E-state index contributed by atoms with van der Waals surface area (Å²) in [7, 11) is -2.42. The number of aryl methyl sites for hydroxylation is 2. The van der Waals surface area contributed by atoms with Gasteiger partial charge in [-0.15, -0.1) is 0 Å². The average molecular weight is 404 g/mol. The SMILES string of the molecule is Cc1ccc(S(=O)(=O)NCCCNC(=O)c2cc(C(F)(F)F)nn2C)cc1. The Hall–Kier alpha value is -2.40. The number of alkyl halides is 3. The topological polar surface area (TPSA) is 93.1 Å². The Bertz CT molecular complexity index is 906. The molecule has 0 fully saturated rings. The first kappa shape index (κ1) is 20.9. The van der Waals surface area contributed by atoms with E-state index in [1.165, 1.54) is 19.2 Å². The lowest BCUT2D eigenvalue weighted by molar-refractivity contribution is -0.141. The maximum Gasteiger partial charge on any atom is 0.435 e. The summed E-state index contributed by atoms with van der Waals surface area (Å²) in [4.78, 5) is 12.1. The van der Waals surface area contributed by atoms with E-state index in [1.54, 1.807) is 12.1 Å². The highest BCUT2D eigenvalue weighted by Gasteiger charge is 2.35. The highest BCUT2D eigenvalue weighted by Crippen LogP contribution is 2.28. The third-order valence-electron chi connectivity index (χ3n) is 3.67. The highest BCUT2D eigenvalue weighted by atomic mass is 32.2. The second-order valence-electron chi connectivity index (χ2n) is 5.86. The summed E-state index contributed by atoms with van der Waals surface area (Å²) in [6.45, 7) is 1.99. The van der Waals surface area contributed by atoms with Gasteiger partial charge in [-0.05, 0) is 25.5 Å². The van der Waals surface area contributed by atoms with Crippen LogP contribution in [0.3, 0.4) is 0 Å².